The second-order valence-electron chi connectivity index (χ2n) is 6.70. The largest absolute Gasteiger partial charge is 0.494 e. The van der Waals surface area contributed by atoms with Crippen LogP contribution in [-0.4, -0.2) is 51.0 Å². The summed E-state index contributed by atoms with van der Waals surface area (Å²) in [5.41, 5.74) is 1.67. The highest BCUT2D eigenvalue weighted by Crippen LogP contribution is 2.35. The summed E-state index contributed by atoms with van der Waals surface area (Å²) in [6.45, 7) is 3.31. The summed E-state index contributed by atoms with van der Waals surface area (Å²) in [6.07, 6.45) is 0.789. The smallest absolute Gasteiger partial charge is 0.235 e. The SMILES string of the molecule is CCOc1ccc(-n2c(SC3CCN(C)C3=O)nnc2-c2ccccc2Cl)cc1. The van der Waals surface area contributed by atoms with E-state index < -0.39 is 0 Å². The number of ether oxygens (including phenoxy) is 1. The summed E-state index contributed by atoms with van der Waals surface area (Å²) in [6, 6.07) is 15.3. The van der Waals surface area contributed by atoms with Crippen molar-refractivity contribution in [3.8, 4) is 22.8 Å². The van der Waals surface area contributed by atoms with Gasteiger partial charge < -0.3 is 9.64 Å². The summed E-state index contributed by atoms with van der Waals surface area (Å²) in [5, 5.41) is 9.93. The van der Waals surface area contributed by atoms with Crippen LogP contribution >= 0.6 is 23.4 Å². The highest BCUT2D eigenvalue weighted by molar-refractivity contribution is 8.00. The minimum Gasteiger partial charge on any atom is -0.494 e. The van der Waals surface area contributed by atoms with Crippen LogP contribution in [0.15, 0.2) is 53.7 Å². The first kappa shape index (κ1) is 19.8. The van der Waals surface area contributed by atoms with E-state index in [2.05, 4.69) is 10.2 Å². The van der Waals surface area contributed by atoms with Crippen molar-refractivity contribution in [2.45, 2.75) is 23.8 Å². The Morgan fingerprint density at radius 2 is 1.93 bits per heavy atom. The van der Waals surface area contributed by atoms with Crippen molar-refractivity contribution in [3.63, 3.8) is 0 Å². The Morgan fingerprint density at radius 3 is 2.59 bits per heavy atom. The van der Waals surface area contributed by atoms with Crippen molar-refractivity contribution < 1.29 is 9.53 Å². The van der Waals surface area contributed by atoms with Crippen LogP contribution in [-0.2, 0) is 4.79 Å². The number of rotatable bonds is 6. The normalized spacial score (nSPS) is 16.4. The van der Waals surface area contributed by atoms with Crippen molar-refractivity contribution >= 4 is 29.3 Å². The van der Waals surface area contributed by atoms with E-state index in [4.69, 9.17) is 16.3 Å². The lowest BCUT2D eigenvalue weighted by Crippen LogP contribution is -2.24. The average molecular weight is 429 g/mol. The van der Waals surface area contributed by atoms with Crippen LogP contribution in [0.5, 0.6) is 5.75 Å². The van der Waals surface area contributed by atoms with E-state index in [1.807, 2.05) is 67.1 Å². The van der Waals surface area contributed by atoms with Gasteiger partial charge in [-0.3, -0.25) is 9.36 Å². The van der Waals surface area contributed by atoms with Gasteiger partial charge in [-0.25, -0.2) is 0 Å². The van der Waals surface area contributed by atoms with Gasteiger partial charge in [0.2, 0.25) is 5.91 Å². The number of halogens is 1. The fourth-order valence-corrected chi connectivity index (χ4v) is 4.65. The van der Waals surface area contributed by atoms with Crippen molar-refractivity contribution in [2.24, 2.45) is 0 Å². The maximum Gasteiger partial charge on any atom is 0.235 e. The zero-order chi connectivity index (χ0) is 20.4. The molecule has 6 nitrogen and oxygen atoms in total. The number of carbonyl (C=O) groups excluding carboxylic acids is 1. The standard InChI is InChI=1S/C21H21ClN4O2S/c1-3-28-15-10-8-14(9-11-15)26-19(16-6-4-5-7-17(16)22)23-24-21(26)29-18-12-13-25(2)20(18)27/h4-11,18H,3,12-13H2,1-2H3. The van der Waals surface area contributed by atoms with Gasteiger partial charge in [0.15, 0.2) is 11.0 Å². The van der Waals surface area contributed by atoms with Gasteiger partial charge >= 0.3 is 0 Å². The topological polar surface area (TPSA) is 60.2 Å². The number of aromatic nitrogens is 3. The molecule has 0 saturated carbocycles. The molecule has 150 valence electrons. The average Bonchev–Trinajstić information content (AvgIpc) is 3.28. The molecule has 0 bridgehead atoms. The molecule has 0 radical (unpaired) electrons. The Bertz CT molecular complexity index is 1020. The quantitative estimate of drug-likeness (QED) is 0.585. The van der Waals surface area contributed by atoms with Crippen LogP contribution in [0, 0.1) is 0 Å². The fourth-order valence-electron chi connectivity index (χ4n) is 3.28. The molecule has 1 saturated heterocycles. The van der Waals surface area contributed by atoms with Crippen LogP contribution in [0.3, 0.4) is 0 Å². The highest BCUT2D eigenvalue weighted by Gasteiger charge is 2.32. The summed E-state index contributed by atoms with van der Waals surface area (Å²) >= 11 is 7.88. The molecule has 1 amide bonds. The first-order valence-electron chi connectivity index (χ1n) is 9.43. The zero-order valence-electron chi connectivity index (χ0n) is 16.2. The second-order valence-corrected chi connectivity index (χ2v) is 8.28. The third-order valence-corrected chi connectivity index (χ3v) is 6.31. The van der Waals surface area contributed by atoms with Crippen LogP contribution in [0.1, 0.15) is 13.3 Å². The zero-order valence-corrected chi connectivity index (χ0v) is 17.8. The monoisotopic (exact) mass is 428 g/mol. The molecular formula is C21H21ClN4O2S. The van der Waals surface area contributed by atoms with Gasteiger partial charge in [-0.1, -0.05) is 35.5 Å². The number of amides is 1. The van der Waals surface area contributed by atoms with E-state index in [1.165, 1.54) is 11.8 Å². The Kier molecular flexibility index (Phi) is 5.78. The molecular weight excluding hydrogens is 408 g/mol. The second kappa shape index (κ2) is 8.47. The molecule has 1 aliphatic rings. The Morgan fingerprint density at radius 1 is 1.17 bits per heavy atom. The number of benzene rings is 2. The Balaban J connectivity index is 1.77. The van der Waals surface area contributed by atoms with Crippen LogP contribution in [0.4, 0.5) is 0 Å². The first-order chi connectivity index (χ1) is 14.1. The fraction of sp³-hybridized carbons (Fsp3) is 0.286. The van der Waals surface area contributed by atoms with Crippen molar-refractivity contribution in [1.82, 2.24) is 19.7 Å². The predicted octanol–water partition coefficient (Wildman–Crippen LogP) is 4.31. The van der Waals surface area contributed by atoms with Crippen molar-refractivity contribution in [3.05, 3.63) is 53.6 Å². The van der Waals surface area contributed by atoms with E-state index >= 15 is 0 Å². The molecule has 1 aliphatic heterocycles. The van der Waals surface area contributed by atoms with Crippen LogP contribution in [0.25, 0.3) is 17.1 Å². The molecule has 3 aromatic rings. The first-order valence-corrected chi connectivity index (χ1v) is 10.7. The summed E-state index contributed by atoms with van der Waals surface area (Å²) in [4.78, 5) is 14.2. The third kappa shape index (κ3) is 3.97. The lowest BCUT2D eigenvalue weighted by molar-refractivity contribution is -0.126. The number of thioether (sulfide) groups is 1. The molecule has 1 atom stereocenters. The predicted molar refractivity (Wildman–Crippen MR) is 115 cm³/mol. The molecule has 0 spiro atoms. The minimum absolute atomic E-state index is 0.121. The Labute approximate surface area is 178 Å². The molecule has 1 fully saturated rings. The van der Waals surface area contributed by atoms with Gasteiger partial charge in [-0.05, 0) is 49.7 Å². The molecule has 29 heavy (non-hydrogen) atoms. The summed E-state index contributed by atoms with van der Waals surface area (Å²) in [5.74, 6) is 1.56. The van der Waals surface area contributed by atoms with E-state index in [1.54, 1.807) is 4.90 Å². The van der Waals surface area contributed by atoms with Gasteiger partial charge in [0.1, 0.15) is 5.75 Å². The van der Waals surface area contributed by atoms with Gasteiger partial charge in [-0.2, -0.15) is 0 Å². The molecule has 2 heterocycles. The third-order valence-electron chi connectivity index (χ3n) is 4.78. The lowest BCUT2D eigenvalue weighted by atomic mass is 10.2. The molecule has 8 heteroatoms. The molecule has 1 unspecified atom stereocenters. The Hall–Kier alpha value is -2.51. The number of hydrogen-bond donors (Lipinski definition) is 0. The lowest BCUT2D eigenvalue weighted by Gasteiger charge is -2.14. The van der Waals surface area contributed by atoms with E-state index in [0.717, 1.165) is 30.0 Å². The minimum atomic E-state index is -0.162. The molecule has 0 aliphatic carbocycles. The molecule has 0 N–H and O–H groups in total. The van der Waals surface area contributed by atoms with Crippen molar-refractivity contribution in [1.29, 1.82) is 0 Å². The summed E-state index contributed by atoms with van der Waals surface area (Å²) < 4.78 is 7.51. The van der Waals surface area contributed by atoms with Gasteiger partial charge in [0.05, 0.1) is 16.9 Å². The van der Waals surface area contributed by atoms with Crippen LogP contribution < -0.4 is 4.74 Å². The van der Waals surface area contributed by atoms with Crippen LogP contribution in [0.2, 0.25) is 5.02 Å². The number of nitrogens with zero attached hydrogens (tertiary/aromatic N) is 4. The van der Waals surface area contributed by atoms with E-state index in [-0.39, 0.29) is 11.2 Å². The maximum absolute atomic E-state index is 12.4. The van der Waals surface area contributed by atoms with E-state index in [9.17, 15) is 4.79 Å². The van der Waals surface area contributed by atoms with Gasteiger partial charge in [-0.15, -0.1) is 10.2 Å². The highest BCUT2D eigenvalue weighted by atomic mass is 35.5. The van der Waals surface area contributed by atoms with Crippen molar-refractivity contribution in [2.75, 3.05) is 20.2 Å². The summed E-state index contributed by atoms with van der Waals surface area (Å²) in [7, 11) is 1.83. The van der Waals surface area contributed by atoms with E-state index in [0.29, 0.717) is 22.6 Å². The maximum atomic E-state index is 12.4. The van der Waals surface area contributed by atoms with Gasteiger partial charge in [0, 0.05) is 24.8 Å². The number of likely N-dealkylation sites (tertiary alicyclic amines) is 1. The molecule has 2 aromatic carbocycles. The number of carbonyl (C=O) groups is 1. The van der Waals surface area contributed by atoms with Gasteiger partial charge in [0.25, 0.3) is 0 Å². The molecule has 1 aromatic heterocycles. The number of hydrogen-bond acceptors (Lipinski definition) is 5. The molecule has 4 rings (SSSR count).